The monoisotopic (exact) mass is 247 g/mol. The highest BCUT2D eigenvalue weighted by molar-refractivity contribution is 5.32. The second-order valence-corrected chi connectivity index (χ2v) is 3.87. The summed E-state index contributed by atoms with van der Waals surface area (Å²) >= 11 is 0. The highest BCUT2D eigenvalue weighted by atomic mass is 19.1. The minimum absolute atomic E-state index is 0.224. The molecule has 4 nitrogen and oxygen atoms in total. The van der Waals surface area contributed by atoms with Crippen molar-refractivity contribution < 1.29 is 9.13 Å². The summed E-state index contributed by atoms with van der Waals surface area (Å²) in [7, 11) is 3.37. The van der Waals surface area contributed by atoms with Crippen LogP contribution in [0.15, 0.2) is 36.7 Å². The van der Waals surface area contributed by atoms with E-state index in [0.29, 0.717) is 23.8 Å². The van der Waals surface area contributed by atoms with Crippen LogP contribution in [0.1, 0.15) is 5.56 Å². The minimum Gasteiger partial charge on any atom is -0.494 e. The van der Waals surface area contributed by atoms with Gasteiger partial charge in [-0.3, -0.25) is 0 Å². The Morgan fingerprint density at radius 2 is 1.89 bits per heavy atom. The van der Waals surface area contributed by atoms with Crippen molar-refractivity contribution in [3.05, 3.63) is 48.0 Å². The second-order valence-electron chi connectivity index (χ2n) is 3.87. The van der Waals surface area contributed by atoms with Gasteiger partial charge in [-0.15, -0.1) is 0 Å². The average molecular weight is 247 g/mol. The fourth-order valence-electron chi connectivity index (χ4n) is 1.56. The van der Waals surface area contributed by atoms with E-state index in [-0.39, 0.29) is 5.82 Å². The largest absolute Gasteiger partial charge is 0.494 e. The Kier molecular flexibility index (Phi) is 3.72. The summed E-state index contributed by atoms with van der Waals surface area (Å²) in [6, 6.07) is 6.66. The molecule has 1 aromatic carbocycles. The molecule has 0 unspecified atom stereocenters. The Bertz CT molecular complexity index is 516. The van der Waals surface area contributed by atoms with Crippen molar-refractivity contribution in [1.29, 1.82) is 0 Å². The molecule has 0 saturated heterocycles. The molecule has 0 saturated carbocycles. The summed E-state index contributed by atoms with van der Waals surface area (Å²) in [4.78, 5) is 10.1. The third kappa shape index (κ3) is 2.74. The normalized spacial score (nSPS) is 10.2. The van der Waals surface area contributed by atoms with Gasteiger partial charge in [0.25, 0.3) is 0 Å². The predicted octanol–water partition coefficient (Wildman–Crippen LogP) is 2.26. The van der Waals surface area contributed by atoms with Gasteiger partial charge in [0.15, 0.2) is 5.75 Å². The molecular weight excluding hydrogens is 233 g/mol. The molecule has 0 N–H and O–H groups in total. The van der Waals surface area contributed by atoms with E-state index >= 15 is 0 Å². The van der Waals surface area contributed by atoms with Crippen LogP contribution in [-0.2, 0) is 6.54 Å². The summed E-state index contributed by atoms with van der Waals surface area (Å²) in [5, 5.41) is 0. The third-order valence-corrected chi connectivity index (χ3v) is 2.56. The van der Waals surface area contributed by atoms with Crippen LogP contribution < -0.4 is 9.64 Å². The predicted molar refractivity (Wildman–Crippen MR) is 67.1 cm³/mol. The van der Waals surface area contributed by atoms with Crippen molar-refractivity contribution in [2.45, 2.75) is 6.54 Å². The van der Waals surface area contributed by atoms with Crippen molar-refractivity contribution in [1.82, 2.24) is 9.97 Å². The average Bonchev–Trinajstić information content (AvgIpc) is 2.41. The number of nitrogens with zero attached hydrogens (tertiary/aromatic N) is 3. The van der Waals surface area contributed by atoms with Gasteiger partial charge in [-0.25, -0.2) is 14.4 Å². The first-order chi connectivity index (χ1) is 8.70. The fraction of sp³-hybridized carbons (Fsp3) is 0.231. The van der Waals surface area contributed by atoms with E-state index in [1.807, 2.05) is 7.05 Å². The van der Waals surface area contributed by atoms with Gasteiger partial charge < -0.3 is 9.64 Å². The van der Waals surface area contributed by atoms with E-state index in [1.54, 1.807) is 42.6 Å². The molecule has 2 aromatic rings. The minimum atomic E-state index is -0.224. The molecular formula is C13H14FN3O. The summed E-state index contributed by atoms with van der Waals surface area (Å²) in [5.41, 5.74) is 0.611. The molecule has 0 spiro atoms. The summed E-state index contributed by atoms with van der Waals surface area (Å²) < 4.78 is 18.5. The van der Waals surface area contributed by atoms with Crippen LogP contribution in [0.4, 0.5) is 10.3 Å². The van der Waals surface area contributed by atoms with Crippen molar-refractivity contribution in [3.63, 3.8) is 0 Å². The van der Waals surface area contributed by atoms with Crippen LogP contribution in [0.2, 0.25) is 0 Å². The number of rotatable bonds is 4. The van der Waals surface area contributed by atoms with Gasteiger partial charge in [-0.05, 0) is 6.07 Å². The maximum absolute atomic E-state index is 13.5. The van der Waals surface area contributed by atoms with Gasteiger partial charge in [0.2, 0.25) is 5.95 Å². The maximum atomic E-state index is 13.5. The lowest BCUT2D eigenvalue weighted by Crippen LogP contribution is -2.19. The Balaban J connectivity index is 2.11. The zero-order valence-electron chi connectivity index (χ0n) is 10.3. The van der Waals surface area contributed by atoms with Crippen molar-refractivity contribution in [3.8, 4) is 5.75 Å². The van der Waals surface area contributed by atoms with Crippen LogP contribution in [0, 0.1) is 5.82 Å². The van der Waals surface area contributed by atoms with Crippen LogP contribution in [-0.4, -0.2) is 24.1 Å². The highest BCUT2D eigenvalue weighted by Crippen LogP contribution is 2.14. The van der Waals surface area contributed by atoms with Crippen molar-refractivity contribution >= 4 is 5.95 Å². The first kappa shape index (κ1) is 12.3. The zero-order valence-corrected chi connectivity index (χ0v) is 10.3. The van der Waals surface area contributed by atoms with E-state index < -0.39 is 0 Å². The summed E-state index contributed by atoms with van der Waals surface area (Å²) in [6.07, 6.45) is 3.17. The Labute approximate surface area is 105 Å². The third-order valence-electron chi connectivity index (χ3n) is 2.56. The molecule has 94 valence electrons. The van der Waals surface area contributed by atoms with Gasteiger partial charge in [-0.1, -0.05) is 18.2 Å². The molecule has 0 aliphatic heterocycles. The SMILES string of the molecule is COc1cnc(N(C)Cc2ccccc2F)nc1. The number of ether oxygens (including phenoxy) is 1. The standard InChI is InChI=1S/C13H14FN3O/c1-17(9-10-5-3-4-6-12(10)14)13-15-7-11(18-2)8-16-13/h3-8H,9H2,1-2H3. The number of hydrogen-bond acceptors (Lipinski definition) is 4. The number of aromatic nitrogens is 2. The van der Waals surface area contributed by atoms with Crippen LogP contribution in [0.3, 0.4) is 0 Å². The van der Waals surface area contributed by atoms with E-state index in [9.17, 15) is 4.39 Å². The molecule has 0 fully saturated rings. The topological polar surface area (TPSA) is 38.2 Å². The Morgan fingerprint density at radius 1 is 1.22 bits per heavy atom. The van der Waals surface area contributed by atoms with Gasteiger partial charge in [0.1, 0.15) is 5.82 Å². The lowest BCUT2D eigenvalue weighted by molar-refractivity contribution is 0.410. The first-order valence-electron chi connectivity index (χ1n) is 5.51. The number of halogens is 1. The van der Waals surface area contributed by atoms with Crippen molar-refractivity contribution in [2.24, 2.45) is 0 Å². The van der Waals surface area contributed by atoms with Gasteiger partial charge in [0.05, 0.1) is 19.5 Å². The zero-order chi connectivity index (χ0) is 13.0. The second kappa shape index (κ2) is 5.44. The molecule has 0 atom stereocenters. The van der Waals surface area contributed by atoms with Crippen LogP contribution in [0.5, 0.6) is 5.75 Å². The number of methoxy groups -OCH3 is 1. The number of hydrogen-bond donors (Lipinski definition) is 0. The highest BCUT2D eigenvalue weighted by Gasteiger charge is 2.08. The Hall–Kier alpha value is -2.17. The quantitative estimate of drug-likeness (QED) is 0.830. The Morgan fingerprint density at radius 3 is 2.50 bits per heavy atom. The maximum Gasteiger partial charge on any atom is 0.225 e. The van der Waals surface area contributed by atoms with Gasteiger partial charge in [-0.2, -0.15) is 0 Å². The molecule has 0 amide bonds. The molecule has 0 aliphatic carbocycles. The molecule has 5 heteroatoms. The van der Waals surface area contributed by atoms with E-state index in [1.165, 1.54) is 6.07 Å². The smallest absolute Gasteiger partial charge is 0.225 e. The molecule has 1 aromatic heterocycles. The summed E-state index contributed by atoms with van der Waals surface area (Å²) in [6.45, 7) is 0.416. The number of benzene rings is 1. The number of anilines is 1. The lowest BCUT2D eigenvalue weighted by Gasteiger charge is -2.17. The van der Waals surface area contributed by atoms with Crippen LogP contribution >= 0.6 is 0 Å². The molecule has 0 radical (unpaired) electrons. The van der Waals surface area contributed by atoms with E-state index in [0.717, 1.165) is 0 Å². The molecule has 1 heterocycles. The van der Waals surface area contributed by atoms with Gasteiger partial charge >= 0.3 is 0 Å². The van der Waals surface area contributed by atoms with E-state index in [2.05, 4.69) is 9.97 Å². The van der Waals surface area contributed by atoms with Crippen LogP contribution in [0.25, 0.3) is 0 Å². The fourth-order valence-corrected chi connectivity index (χ4v) is 1.56. The molecule has 18 heavy (non-hydrogen) atoms. The first-order valence-corrected chi connectivity index (χ1v) is 5.51. The summed E-state index contributed by atoms with van der Waals surface area (Å²) in [5.74, 6) is 0.898. The molecule has 0 bridgehead atoms. The molecule has 2 rings (SSSR count). The molecule has 0 aliphatic rings. The van der Waals surface area contributed by atoms with E-state index in [4.69, 9.17) is 4.74 Å². The van der Waals surface area contributed by atoms with Gasteiger partial charge in [0, 0.05) is 19.2 Å². The van der Waals surface area contributed by atoms with Crippen molar-refractivity contribution in [2.75, 3.05) is 19.1 Å². The lowest BCUT2D eigenvalue weighted by atomic mass is 10.2.